The molecule has 1 aliphatic rings. The summed E-state index contributed by atoms with van der Waals surface area (Å²) in [6.45, 7) is 3.39. The molecule has 0 aromatic carbocycles. The van der Waals surface area contributed by atoms with Gasteiger partial charge in [0.25, 0.3) is 5.91 Å². The van der Waals surface area contributed by atoms with Gasteiger partial charge in [-0.2, -0.15) is 0 Å². The first-order valence-electron chi connectivity index (χ1n) is 8.13. The van der Waals surface area contributed by atoms with Crippen LogP contribution in [0.1, 0.15) is 62.7 Å². The molecule has 1 atom stereocenters. The van der Waals surface area contributed by atoms with Crippen molar-refractivity contribution in [3.63, 3.8) is 0 Å². The van der Waals surface area contributed by atoms with E-state index in [1.807, 2.05) is 6.92 Å². The highest BCUT2D eigenvalue weighted by Gasteiger charge is 2.34. The number of carbonyl (C=O) groups excluding carboxylic acids is 1. The van der Waals surface area contributed by atoms with Crippen molar-refractivity contribution in [1.29, 1.82) is 0 Å². The maximum atomic E-state index is 12.2. The van der Waals surface area contributed by atoms with Gasteiger partial charge in [0, 0.05) is 12.3 Å². The van der Waals surface area contributed by atoms with Gasteiger partial charge < -0.3 is 15.2 Å². The van der Waals surface area contributed by atoms with Crippen molar-refractivity contribution in [3.05, 3.63) is 23.9 Å². The minimum Gasteiger partial charge on any atom is -0.480 e. The zero-order chi connectivity index (χ0) is 16.9. The predicted octanol–water partition coefficient (Wildman–Crippen LogP) is 2.78. The van der Waals surface area contributed by atoms with Crippen LogP contribution < -0.4 is 10.1 Å². The number of carboxylic acid groups (broad SMARTS) is 1. The minimum atomic E-state index is -1.27. The van der Waals surface area contributed by atoms with Crippen molar-refractivity contribution in [2.45, 2.75) is 64.0 Å². The number of amides is 1. The number of aliphatic carboxylic acids is 1. The quantitative estimate of drug-likeness (QED) is 0.806. The first-order chi connectivity index (χ1) is 10.9. The fourth-order valence-corrected chi connectivity index (χ4v) is 2.81. The Morgan fingerprint density at radius 3 is 2.61 bits per heavy atom. The third kappa shape index (κ3) is 4.43. The molecule has 23 heavy (non-hydrogen) atoms. The van der Waals surface area contributed by atoms with Crippen LogP contribution in [-0.4, -0.2) is 33.6 Å². The summed E-state index contributed by atoms with van der Waals surface area (Å²) >= 11 is 0. The highest BCUT2D eigenvalue weighted by Crippen LogP contribution is 2.23. The summed E-state index contributed by atoms with van der Waals surface area (Å²) in [4.78, 5) is 27.8. The van der Waals surface area contributed by atoms with Gasteiger partial charge in [-0.1, -0.05) is 13.3 Å². The number of pyridine rings is 1. The molecule has 1 aromatic heterocycles. The topological polar surface area (TPSA) is 88.5 Å². The second-order valence-electron chi connectivity index (χ2n) is 6.25. The van der Waals surface area contributed by atoms with Gasteiger partial charge in [-0.3, -0.25) is 4.79 Å². The van der Waals surface area contributed by atoms with E-state index in [0.29, 0.717) is 24.3 Å². The number of carboxylic acids is 1. The molecule has 0 bridgehead atoms. The normalized spacial score (nSPS) is 17.5. The van der Waals surface area contributed by atoms with E-state index < -0.39 is 17.4 Å². The maximum absolute atomic E-state index is 12.2. The van der Waals surface area contributed by atoms with Crippen molar-refractivity contribution in [2.24, 2.45) is 0 Å². The lowest BCUT2D eigenvalue weighted by Crippen LogP contribution is -2.52. The highest BCUT2D eigenvalue weighted by atomic mass is 16.5. The lowest BCUT2D eigenvalue weighted by molar-refractivity contribution is -0.144. The lowest BCUT2D eigenvalue weighted by atomic mass is 9.96. The number of nitrogens with zero attached hydrogens (tertiary/aromatic N) is 1. The van der Waals surface area contributed by atoms with Crippen molar-refractivity contribution in [2.75, 3.05) is 0 Å². The Kier molecular flexibility index (Phi) is 5.58. The first kappa shape index (κ1) is 17.2. The Labute approximate surface area is 136 Å². The molecular formula is C17H24N2O4. The second-order valence-corrected chi connectivity index (χ2v) is 6.25. The molecule has 126 valence electrons. The van der Waals surface area contributed by atoms with Crippen molar-refractivity contribution < 1.29 is 19.4 Å². The number of hydrogen-bond acceptors (Lipinski definition) is 4. The average Bonchev–Trinajstić information content (AvgIpc) is 3.01. The fourth-order valence-electron chi connectivity index (χ4n) is 2.81. The molecule has 1 fully saturated rings. The molecule has 0 radical (unpaired) electrons. The van der Waals surface area contributed by atoms with Crippen molar-refractivity contribution >= 4 is 11.9 Å². The third-order valence-electron chi connectivity index (χ3n) is 4.20. The highest BCUT2D eigenvalue weighted by molar-refractivity contribution is 5.97. The molecule has 6 heteroatoms. The Bertz CT molecular complexity index is 552. The van der Waals surface area contributed by atoms with E-state index >= 15 is 0 Å². The fraction of sp³-hybridized carbons (Fsp3) is 0.588. The molecule has 1 aromatic rings. The summed E-state index contributed by atoms with van der Waals surface area (Å²) in [6, 6.07) is 3.27. The van der Waals surface area contributed by atoms with Gasteiger partial charge in [0.05, 0.1) is 5.56 Å². The van der Waals surface area contributed by atoms with Gasteiger partial charge in [0.15, 0.2) is 0 Å². The monoisotopic (exact) mass is 320 g/mol. The number of hydrogen-bond donors (Lipinski definition) is 2. The lowest BCUT2D eigenvalue weighted by Gasteiger charge is -2.25. The zero-order valence-corrected chi connectivity index (χ0v) is 13.7. The van der Waals surface area contributed by atoms with E-state index in [-0.39, 0.29) is 6.10 Å². The second kappa shape index (κ2) is 7.44. The molecule has 1 aliphatic carbocycles. The molecule has 1 amide bonds. The van der Waals surface area contributed by atoms with Crippen LogP contribution in [0, 0.1) is 0 Å². The van der Waals surface area contributed by atoms with Crippen LogP contribution in [0.15, 0.2) is 18.3 Å². The van der Waals surface area contributed by atoms with E-state index in [4.69, 9.17) is 4.74 Å². The summed E-state index contributed by atoms with van der Waals surface area (Å²) in [5, 5.41) is 11.9. The zero-order valence-electron chi connectivity index (χ0n) is 13.7. The molecule has 1 saturated carbocycles. The van der Waals surface area contributed by atoms with E-state index in [1.54, 1.807) is 12.1 Å². The Hall–Kier alpha value is -2.11. The molecule has 6 nitrogen and oxygen atoms in total. The van der Waals surface area contributed by atoms with Crippen molar-refractivity contribution in [1.82, 2.24) is 10.3 Å². The van der Waals surface area contributed by atoms with Gasteiger partial charge in [-0.05, 0) is 45.1 Å². The Morgan fingerprint density at radius 1 is 1.39 bits per heavy atom. The van der Waals surface area contributed by atoms with Gasteiger partial charge in [-0.15, -0.1) is 0 Å². The Morgan fingerprint density at radius 2 is 2.09 bits per heavy atom. The van der Waals surface area contributed by atoms with Gasteiger partial charge in [0.1, 0.15) is 11.6 Å². The number of ether oxygens (including phenoxy) is 1. The molecule has 2 N–H and O–H groups in total. The molecule has 1 heterocycles. The van der Waals surface area contributed by atoms with E-state index in [0.717, 1.165) is 12.8 Å². The van der Waals surface area contributed by atoms with E-state index in [2.05, 4.69) is 10.3 Å². The largest absolute Gasteiger partial charge is 0.480 e. The first-order valence-corrected chi connectivity index (χ1v) is 8.13. The molecule has 0 saturated heterocycles. The van der Waals surface area contributed by atoms with Gasteiger partial charge in [-0.25, -0.2) is 9.78 Å². The average molecular weight is 320 g/mol. The van der Waals surface area contributed by atoms with Crippen LogP contribution in [0.5, 0.6) is 5.88 Å². The van der Waals surface area contributed by atoms with Crippen molar-refractivity contribution in [3.8, 4) is 5.88 Å². The SMILES string of the molecule is CCCC(C)(NC(=O)c1ccc(OC2CCCC2)nc1)C(=O)O. The summed E-state index contributed by atoms with van der Waals surface area (Å²) in [5.41, 5.74) is -0.947. The molecular weight excluding hydrogens is 296 g/mol. The molecule has 2 rings (SSSR count). The molecule has 1 unspecified atom stereocenters. The number of carbonyl (C=O) groups is 2. The van der Waals surface area contributed by atoms with Crippen LogP contribution in [0.25, 0.3) is 0 Å². The number of nitrogens with one attached hydrogen (secondary N) is 1. The minimum absolute atomic E-state index is 0.210. The van der Waals surface area contributed by atoms with Crippen LogP contribution >= 0.6 is 0 Å². The smallest absolute Gasteiger partial charge is 0.329 e. The third-order valence-corrected chi connectivity index (χ3v) is 4.20. The number of aromatic nitrogens is 1. The summed E-state index contributed by atoms with van der Waals surface area (Å²) in [7, 11) is 0. The summed E-state index contributed by atoms with van der Waals surface area (Å²) in [6.07, 6.45) is 7.10. The van der Waals surface area contributed by atoms with Gasteiger partial charge >= 0.3 is 5.97 Å². The van der Waals surface area contributed by atoms with Crippen LogP contribution in [0.4, 0.5) is 0 Å². The van der Waals surface area contributed by atoms with Gasteiger partial charge in [0.2, 0.25) is 5.88 Å². The summed E-state index contributed by atoms with van der Waals surface area (Å²) < 4.78 is 5.75. The predicted molar refractivity (Wildman–Crippen MR) is 85.5 cm³/mol. The van der Waals surface area contributed by atoms with Crippen LogP contribution in [-0.2, 0) is 4.79 Å². The maximum Gasteiger partial charge on any atom is 0.329 e. The summed E-state index contributed by atoms with van der Waals surface area (Å²) in [5.74, 6) is -0.979. The molecule has 0 aliphatic heterocycles. The Balaban J connectivity index is 2.00. The van der Waals surface area contributed by atoms with Crippen LogP contribution in [0.3, 0.4) is 0 Å². The van der Waals surface area contributed by atoms with E-state index in [1.165, 1.54) is 26.0 Å². The van der Waals surface area contributed by atoms with E-state index in [9.17, 15) is 14.7 Å². The van der Waals surface area contributed by atoms with Crippen LogP contribution in [0.2, 0.25) is 0 Å². The number of rotatable bonds is 7. The standard InChI is InChI=1S/C17H24N2O4/c1-3-10-17(2,16(21)22)19-15(20)12-8-9-14(18-11-12)23-13-6-4-5-7-13/h8-9,11,13H,3-7,10H2,1-2H3,(H,19,20)(H,21,22). The molecule has 0 spiro atoms.